The van der Waals surface area contributed by atoms with Crippen molar-refractivity contribution in [1.29, 1.82) is 0 Å². The van der Waals surface area contributed by atoms with E-state index in [9.17, 15) is 4.79 Å². The lowest BCUT2D eigenvalue weighted by molar-refractivity contribution is -0.122. The maximum absolute atomic E-state index is 10.1. The van der Waals surface area contributed by atoms with Crippen LogP contribution in [0.4, 0.5) is 0 Å². The first-order chi connectivity index (χ1) is 4.04. The highest BCUT2D eigenvalue weighted by molar-refractivity contribution is 5.47. The zero-order valence-electron chi connectivity index (χ0n) is 6.09. The lowest BCUT2D eigenvalue weighted by Crippen LogP contribution is -2.43. The summed E-state index contributed by atoms with van der Waals surface area (Å²) in [6.45, 7) is 3.57. The number of hydrogen-bond donors (Lipinski definition) is 1. The molecule has 1 amide bonds. The van der Waals surface area contributed by atoms with Gasteiger partial charge in [0.05, 0.1) is 12.1 Å². The van der Waals surface area contributed by atoms with E-state index in [1.54, 1.807) is 20.9 Å². The molecule has 0 atom stereocenters. The smallest absolute Gasteiger partial charge is 0.209 e. The Balaban J connectivity index is 3.95. The summed E-state index contributed by atoms with van der Waals surface area (Å²) in [6, 6.07) is 0. The fourth-order valence-electron chi connectivity index (χ4n) is 0.254. The van der Waals surface area contributed by atoms with E-state index in [4.69, 9.17) is 5.11 Å². The molecular weight excluding hydrogens is 118 g/mol. The van der Waals surface area contributed by atoms with Gasteiger partial charge in [-0.3, -0.25) is 4.79 Å². The summed E-state index contributed by atoms with van der Waals surface area (Å²) < 4.78 is 0. The fourth-order valence-corrected chi connectivity index (χ4v) is 0.254. The van der Waals surface area contributed by atoms with Gasteiger partial charge in [0.2, 0.25) is 6.41 Å². The molecule has 0 radical (unpaired) electrons. The Morgan fingerprint density at radius 2 is 2.11 bits per heavy atom. The van der Waals surface area contributed by atoms with Crippen LogP contribution in [0.5, 0.6) is 0 Å². The van der Waals surface area contributed by atoms with E-state index >= 15 is 0 Å². The fraction of sp³-hybridized carbons (Fsp3) is 0.833. The van der Waals surface area contributed by atoms with Crippen molar-refractivity contribution >= 4 is 6.41 Å². The molecule has 9 heavy (non-hydrogen) atoms. The molecular formula is C6H13NO2. The summed E-state index contributed by atoms with van der Waals surface area (Å²) in [5, 5.41) is 8.70. The molecule has 0 spiro atoms. The molecule has 0 aliphatic carbocycles. The summed E-state index contributed by atoms with van der Waals surface area (Å²) in [4.78, 5) is 11.6. The Morgan fingerprint density at radius 1 is 1.67 bits per heavy atom. The first-order valence-electron chi connectivity index (χ1n) is 2.83. The number of aliphatic hydroxyl groups is 1. The number of rotatable bonds is 3. The van der Waals surface area contributed by atoms with E-state index in [-0.39, 0.29) is 6.61 Å². The van der Waals surface area contributed by atoms with E-state index in [0.29, 0.717) is 6.41 Å². The molecule has 0 aliphatic rings. The SMILES string of the molecule is CN(C=O)C(C)(C)CO. The van der Waals surface area contributed by atoms with Crippen LogP contribution in [0.25, 0.3) is 0 Å². The number of carbonyl (C=O) groups is 1. The van der Waals surface area contributed by atoms with Crippen molar-refractivity contribution in [3.05, 3.63) is 0 Å². The minimum Gasteiger partial charge on any atom is -0.394 e. The molecule has 0 aromatic heterocycles. The predicted molar refractivity (Wildman–Crippen MR) is 35.0 cm³/mol. The topological polar surface area (TPSA) is 40.5 Å². The zero-order chi connectivity index (χ0) is 7.49. The van der Waals surface area contributed by atoms with Crippen LogP contribution in [0.1, 0.15) is 13.8 Å². The first kappa shape index (κ1) is 8.43. The van der Waals surface area contributed by atoms with Crippen LogP contribution in [0.3, 0.4) is 0 Å². The van der Waals surface area contributed by atoms with Gasteiger partial charge in [-0.1, -0.05) is 0 Å². The maximum atomic E-state index is 10.1. The van der Waals surface area contributed by atoms with E-state index < -0.39 is 5.54 Å². The quantitative estimate of drug-likeness (QED) is 0.541. The average molecular weight is 131 g/mol. The van der Waals surface area contributed by atoms with Crippen molar-refractivity contribution in [2.75, 3.05) is 13.7 Å². The zero-order valence-corrected chi connectivity index (χ0v) is 6.09. The minimum absolute atomic E-state index is 0.0117. The Morgan fingerprint density at radius 3 is 2.22 bits per heavy atom. The van der Waals surface area contributed by atoms with Crippen LogP contribution in [0.2, 0.25) is 0 Å². The van der Waals surface area contributed by atoms with Crippen LogP contribution in [0.15, 0.2) is 0 Å². The molecule has 0 bridgehead atoms. The maximum Gasteiger partial charge on any atom is 0.209 e. The number of likely N-dealkylation sites (N-methyl/N-ethyl adjacent to an activating group) is 1. The Labute approximate surface area is 55.3 Å². The lowest BCUT2D eigenvalue weighted by atomic mass is 10.1. The van der Waals surface area contributed by atoms with E-state index in [0.717, 1.165) is 0 Å². The molecule has 0 heterocycles. The van der Waals surface area contributed by atoms with Crippen molar-refractivity contribution in [2.24, 2.45) is 0 Å². The number of nitrogens with zero attached hydrogens (tertiary/aromatic N) is 1. The summed E-state index contributed by atoms with van der Waals surface area (Å²) in [5.74, 6) is 0. The van der Waals surface area contributed by atoms with Gasteiger partial charge in [0.1, 0.15) is 0 Å². The third kappa shape index (κ3) is 2.01. The van der Waals surface area contributed by atoms with Crippen molar-refractivity contribution < 1.29 is 9.90 Å². The Kier molecular flexibility index (Phi) is 2.65. The van der Waals surface area contributed by atoms with Gasteiger partial charge in [0.25, 0.3) is 0 Å². The van der Waals surface area contributed by atoms with Gasteiger partial charge < -0.3 is 10.0 Å². The minimum atomic E-state index is -0.429. The normalized spacial score (nSPS) is 11.1. The Hall–Kier alpha value is -0.570. The number of aliphatic hydroxyl groups excluding tert-OH is 1. The Bertz CT molecular complexity index is 101. The molecule has 54 valence electrons. The summed E-state index contributed by atoms with van der Waals surface area (Å²) in [5.41, 5.74) is -0.429. The van der Waals surface area contributed by atoms with E-state index in [1.807, 2.05) is 0 Å². The monoisotopic (exact) mass is 131 g/mol. The van der Waals surface area contributed by atoms with Gasteiger partial charge in [0.15, 0.2) is 0 Å². The third-order valence-electron chi connectivity index (χ3n) is 1.50. The highest BCUT2D eigenvalue weighted by atomic mass is 16.3. The second kappa shape index (κ2) is 2.82. The van der Waals surface area contributed by atoms with Crippen LogP contribution in [0, 0.1) is 0 Å². The third-order valence-corrected chi connectivity index (χ3v) is 1.50. The van der Waals surface area contributed by atoms with Crippen molar-refractivity contribution in [1.82, 2.24) is 4.90 Å². The van der Waals surface area contributed by atoms with Crippen LogP contribution >= 0.6 is 0 Å². The van der Waals surface area contributed by atoms with Crippen molar-refractivity contribution in [3.8, 4) is 0 Å². The second-order valence-corrected chi connectivity index (χ2v) is 2.69. The molecule has 0 aromatic rings. The first-order valence-corrected chi connectivity index (χ1v) is 2.83. The highest BCUT2D eigenvalue weighted by Gasteiger charge is 2.20. The van der Waals surface area contributed by atoms with Gasteiger partial charge in [-0.25, -0.2) is 0 Å². The number of hydrogen-bond acceptors (Lipinski definition) is 2. The molecule has 0 aliphatic heterocycles. The van der Waals surface area contributed by atoms with Gasteiger partial charge >= 0.3 is 0 Å². The van der Waals surface area contributed by atoms with Crippen LogP contribution in [-0.4, -0.2) is 35.6 Å². The highest BCUT2D eigenvalue weighted by Crippen LogP contribution is 2.07. The lowest BCUT2D eigenvalue weighted by Gasteiger charge is -2.30. The number of carbonyl (C=O) groups excluding carboxylic acids is 1. The second-order valence-electron chi connectivity index (χ2n) is 2.69. The number of amides is 1. The molecule has 0 unspecified atom stereocenters. The largest absolute Gasteiger partial charge is 0.394 e. The van der Waals surface area contributed by atoms with Crippen LogP contribution in [-0.2, 0) is 4.79 Å². The molecule has 3 heteroatoms. The standard InChI is InChI=1S/C6H13NO2/c1-6(2,4-8)7(3)5-9/h5,8H,4H2,1-3H3. The van der Waals surface area contributed by atoms with Crippen LogP contribution < -0.4 is 0 Å². The molecule has 0 rings (SSSR count). The van der Waals surface area contributed by atoms with Gasteiger partial charge in [0, 0.05) is 7.05 Å². The molecule has 3 nitrogen and oxygen atoms in total. The van der Waals surface area contributed by atoms with E-state index in [1.165, 1.54) is 4.90 Å². The summed E-state index contributed by atoms with van der Waals surface area (Å²) in [6.07, 6.45) is 0.705. The summed E-state index contributed by atoms with van der Waals surface area (Å²) >= 11 is 0. The molecule has 0 fully saturated rings. The van der Waals surface area contributed by atoms with Gasteiger partial charge in [-0.15, -0.1) is 0 Å². The molecule has 0 saturated heterocycles. The van der Waals surface area contributed by atoms with Gasteiger partial charge in [-0.2, -0.15) is 0 Å². The van der Waals surface area contributed by atoms with E-state index in [2.05, 4.69) is 0 Å². The summed E-state index contributed by atoms with van der Waals surface area (Å²) in [7, 11) is 1.64. The van der Waals surface area contributed by atoms with Crippen molar-refractivity contribution in [2.45, 2.75) is 19.4 Å². The van der Waals surface area contributed by atoms with Gasteiger partial charge in [-0.05, 0) is 13.8 Å². The average Bonchev–Trinajstić information content (AvgIpc) is 1.86. The van der Waals surface area contributed by atoms with Crippen molar-refractivity contribution in [3.63, 3.8) is 0 Å². The predicted octanol–water partition coefficient (Wildman–Crippen LogP) is -0.155. The molecule has 0 saturated carbocycles. The molecule has 1 N–H and O–H groups in total. The molecule has 0 aromatic carbocycles.